The molecule has 24 heavy (non-hydrogen) atoms. The quantitative estimate of drug-likeness (QED) is 0.741. The van der Waals surface area contributed by atoms with Crippen LogP contribution >= 0.6 is 0 Å². The minimum absolute atomic E-state index is 0.00145. The molecule has 6 nitrogen and oxygen atoms in total. The SMILES string of the molecule is CCC(CC)C(=O)NCCN(C(C)=O)c1cccc(C(=O)OC)c1. The number of nitrogens with one attached hydrogen (secondary N) is 1. The van der Waals surface area contributed by atoms with Crippen molar-refractivity contribution in [1.82, 2.24) is 5.32 Å². The van der Waals surface area contributed by atoms with Crippen LogP contribution in [0.5, 0.6) is 0 Å². The Morgan fingerprint density at radius 2 is 1.88 bits per heavy atom. The third kappa shape index (κ3) is 5.37. The fourth-order valence-corrected chi connectivity index (χ4v) is 2.48. The Morgan fingerprint density at radius 3 is 2.42 bits per heavy atom. The number of rotatable bonds is 8. The minimum atomic E-state index is -0.456. The van der Waals surface area contributed by atoms with Gasteiger partial charge in [0.15, 0.2) is 0 Å². The maximum atomic E-state index is 12.0. The van der Waals surface area contributed by atoms with Gasteiger partial charge < -0.3 is 15.0 Å². The van der Waals surface area contributed by atoms with Gasteiger partial charge in [-0.05, 0) is 31.0 Å². The molecule has 6 heteroatoms. The largest absolute Gasteiger partial charge is 0.465 e. The summed E-state index contributed by atoms with van der Waals surface area (Å²) in [6, 6.07) is 6.68. The van der Waals surface area contributed by atoms with Gasteiger partial charge in [0.2, 0.25) is 11.8 Å². The molecule has 1 rings (SSSR count). The van der Waals surface area contributed by atoms with Crippen LogP contribution in [0.2, 0.25) is 0 Å². The Labute approximate surface area is 143 Å². The maximum Gasteiger partial charge on any atom is 0.337 e. The molecule has 0 fully saturated rings. The van der Waals surface area contributed by atoms with Crippen molar-refractivity contribution in [2.45, 2.75) is 33.6 Å². The van der Waals surface area contributed by atoms with E-state index >= 15 is 0 Å². The molecule has 0 radical (unpaired) electrons. The van der Waals surface area contributed by atoms with E-state index in [4.69, 9.17) is 4.74 Å². The average Bonchev–Trinajstić information content (AvgIpc) is 2.58. The number of hydrogen-bond acceptors (Lipinski definition) is 4. The van der Waals surface area contributed by atoms with Crippen LogP contribution in [0.4, 0.5) is 5.69 Å². The normalized spacial score (nSPS) is 10.4. The molecule has 0 bridgehead atoms. The summed E-state index contributed by atoms with van der Waals surface area (Å²) < 4.78 is 4.70. The van der Waals surface area contributed by atoms with E-state index in [1.165, 1.54) is 18.9 Å². The lowest BCUT2D eigenvalue weighted by atomic mass is 10.0. The predicted molar refractivity (Wildman–Crippen MR) is 92.9 cm³/mol. The zero-order chi connectivity index (χ0) is 18.1. The molecule has 0 heterocycles. The number of hydrogen-bond donors (Lipinski definition) is 1. The number of nitrogens with zero attached hydrogens (tertiary/aromatic N) is 1. The lowest BCUT2D eigenvalue weighted by molar-refractivity contribution is -0.125. The first-order valence-electron chi connectivity index (χ1n) is 8.18. The Balaban J connectivity index is 2.76. The van der Waals surface area contributed by atoms with E-state index in [-0.39, 0.29) is 17.7 Å². The molecular weight excluding hydrogens is 308 g/mol. The van der Waals surface area contributed by atoms with Gasteiger partial charge in [0, 0.05) is 31.6 Å². The molecule has 1 aromatic rings. The number of esters is 1. The first-order valence-corrected chi connectivity index (χ1v) is 8.18. The standard InChI is InChI=1S/C18H26N2O4/c1-5-14(6-2)17(22)19-10-11-20(13(3)21)16-9-7-8-15(12-16)18(23)24-4/h7-9,12,14H,5-6,10-11H2,1-4H3,(H,19,22). The second-order valence-electron chi connectivity index (χ2n) is 5.52. The number of benzene rings is 1. The molecule has 0 saturated carbocycles. The van der Waals surface area contributed by atoms with Crippen LogP contribution in [0.25, 0.3) is 0 Å². The van der Waals surface area contributed by atoms with Crippen LogP contribution in [0.15, 0.2) is 24.3 Å². The van der Waals surface area contributed by atoms with Gasteiger partial charge in [-0.2, -0.15) is 0 Å². The van der Waals surface area contributed by atoms with Crippen molar-refractivity contribution >= 4 is 23.5 Å². The van der Waals surface area contributed by atoms with Gasteiger partial charge in [0.05, 0.1) is 12.7 Å². The number of carbonyl (C=O) groups is 3. The molecule has 1 N–H and O–H groups in total. The highest BCUT2D eigenvalue weighted by Gasteiger charge is 2.16. The summed E-state index contributed by atoms with van der Waals surface area (Å²) in [7, 11) is 1.31. The molecule has 0 aliphatic rings. The highest BCUT2D eigenvalue weighted by Crippen LogP contribution is 2.17. The third-order valence-corrected chi connectivity index (χ3v) is 3.95. The van der Waals surface area contributed by atoms with Crippen molar-refractivity contribution in [1.29, 1.82) is 0 Å². The van der Waals surface area contributed by atoms with E-state index in [2.05, 4.69) is 5.32 Å². The highest BCUT2D eigenvalue weighted by molar-refractivity contribution is 5.95. The van der Waals surface area contributed by atoms with Crippen LogP contribution in [-0.2, 0) is 14.3 Å². The molecule has 0 aliphatic carbocycles. The number of anilines is 1. The van der Waals surface area contributed by atoms with Gasteiger partial charge >= 0.3 is 5.97 Å². The van der Waals surface area contributed by atoms with Gasteiger partial charge in [-0.25, -0.2) is 4.79 Å². The van der Waals surface area contributed by atoms with E-state index in [0.717, 1.165) is 12.8 Å². The number of carbonyl (C=O) groups excluding carboxylic acids is 3. The van der Waals surface area contributed by atoms with Crippen LogP contribution < -0.4 is 10.2 Å². The number of amides is 2. The van der Waals surface area contributed by atoms with Crippen molar-refractivity contribution in [3.63, 3.8) is 0 Å². The molecule has 0 aromatic heterocycles. The smallest absolute Gasteiger partial charge is 0.337 e. The van der Waals surface area contributed by atoms with Crippen molar-refractivity contribution < 1.29 is 19.1 Å². The van der Waals surface area contributed by atoms with Gasteiger partial charge in [-0.3, -0.25) is 9.59 Å². The van der Waals surface area contributed by atoms with Crippen LogP contribution in [0, 0.1) is 5.92 Å². The lowest BCUT2D eigenvalue weighted by Gasteiger charge is -2.22. The second kappa shape index (κ2) is 9.70. The van der Waals surface area contributed by atoms with E-state index in [0.29, 0.717) is 24.3 Å². The van der Waals surface area contributed by atoms with E-state index in [9.17, 15) is 14.4 Å². The fourth-order valence-electron chi connectivity index (χ4n) is 2.48. The summed E-state index contributed by atoms with van der Waals surface area (Å²) in [6.45, 7) is 6.11. The first-order chi connectivity index (χ1) is 11.4. The zero-order valence-electron chi connectivity index (χ0n) is 14.8. The van der Waals surface area contributed by atoms with E-state index in [1.807, 2.05) is 13.8 Å². The molecule has 0 aliphatic heterocycles. The van der Waals surface area contributed by atoms with Crippen molar-refractivity contribution in [3.8, 4) is 0 Å². The molecule has 0 unspecified atom stereocenters. The average molecular weight is 334 g/mol. The molecule has 0 saturated heterocycles. The summed E-state index contributed by atoms with van der Waals surface area (Å²) in [5.41, 5.74) is 0.976. The van der Waals surface area contributed by atoms with Gasteiger partial charge in [0.25, 0.3) is 0 Å². The number of methoxy groups -OCH3 is 1. The van der Waals surface area contributed by atoms with E-state index in [1.54, 1.807) is 24.3 Å². The van der Waals surface area contributed by atoms with Gasteiger partial charge in [-0.1, -0.05) is 19.9 Å². The molecular formula is C18H26N2O4. The summed E-state index contributed by atoms with van der Waals surface area (Å²) in [5.74, 6) is -0.610. The fraction of sp³-hybridized carbons (Fsp3) is 0.500. The van der Waals surface area contributed by atoms with Crippen LogP contribution in [-0.4, -0.2) is 38.0 Å². The Morgan fingerprint density at radius 1 is 1.21 bits per heavy atom. The molecule has 132 valence electrons. The van der Waals surface area contributed by atoms with Crippen LogP contribution in [0.3, 0.4) is 0 Å². The summed E-state index contributed by atoms with van der Waals surface area (Å²) in [4.78, 5) is 37.1. The molecule has 0 atom stereocenters. The third-order valence-electron chi connectivity index (χ3n) is 3.95. The van der Waals surface area contributed by atoms with Crippen molar-refractivity contribution in [3.05, 3.63) is 29.8 Å². The summed E-state index contributed by atoms with van der Waals surface area (Å²) in [5, 5.41) is 2.86. The monoisotopic (exact) mass is 334 g/mol. The lowest BCUT2D eigenvalue weighted by Crippen LogP contribution is -2.39. The van der Waals surface area contributed by atoms with Crippen molar-refractivity contribution in [2.75, 3.05) is 25.1 Å². The topological polar surface area (TPSA) is 75.7 Å². The first kappa shape index (κ1) is 19.7. The summed E-state index contributed by atoms with van der Waals surface area (Å²) in [6.07, 6.45) is 1.58. The Kier molecular flexibility index (Phi) is 7.95. The maximum absolute atomic E-state index is 12.0. The van der Waals surface area contributed by atoms with Gasteiger partial charge in [-0.15, -0.1) is 0 Å². The Bertz CT molecular complexity index is 582. The molecule has 1 aromatic carbocycles. The zero-order valence-corrected chi connectivity index (χ0v) is 14.8. The highest BCUT2D eigenvalue weighted by atomic mass is 16.5. The minimum Gasteiger partial charge on any atom is -0.465 e. The van der Waals surface area contributed by atoms with Crippen LogP contribution in [0.1, 0.15) is 44.0 Å². The van der Waals surface area contributed by atoms with Crippen molar-refractivity contribution in [2.24, 2.45) is 5.92 Å². The molecule has 0 spiro atoms. The van der Waals surface area contributed by atoms with Gasteiger partial charge in [0.1, 0.15) is 0 Å². The molecule has 2 amide bonds. The van der Waals surface area contributed by atoms with E-state index < -0.39 is 5.97 Å². The predicted octanol–water partition coefficient (Wildman–Crippen LogP) is 2.38. The number of ether oxygens (including phenoxy) is 1. The summed E-state index contributed by atoms with van der Waals surface area (Å²) >= 11 is 0. The second-order valence-corrected chi connectivity index (χ2v) is 5.52. The Hall–Kier alpha value is -2.37.